The molecule has 17 heavy (non-hydrogen) atoms. The van der Waals surface area contributed by atoms with Gasteiger partial charge in [-0.15, -0.1) is 24.0 Å². The number of guanidine groups is 1. The van der Waals surface area contributed by atoms with E-state index in [2.05, 4.69) is 39.0 Å². The number of hydrogen-bond donors (Lipinski definition) is 2. The summed E-state index contributed by atoms with van der Waals surface area (Å²) in [7, 11) is 0. The van der Waals surface area contributed by atoms with Crippen molar-refractivity contribution >= 4 is 29.9 Å². The van der Waals surface area contributed by atoms with Crippen LogP contribution in [0.1, 0.15) is 20.3 Å². The van der Waals surface area contributed by atoms with E-state index >= 15 is 0 Å². The van der Waals surface area contributed by atoms with E-state index in [1.165, 1.54) is 0 Å². The number of aliphatic imine (C=N–C) groups is 1. The maximum atomic E-state index is 4.46. The lowest BCUT2D eigenvalue weighted by atomic mass is 10.4. The Balaban J connectivity index is 0.00000256. The van der Waals surface area contributed by atoms with Crippen molar-refractivity contribution in [2.75, 3.05) is 19.6 Å². The minimum absolute atomic E-state index is 0. The Bertz CT molecular complexity index is 289. The van der Waals surface area contributed by atoms with Crippen LogP contribution < -0.4 is 10.6 Å². The zero-order valence-corrected chi connectivity index (χ0v) is 12.8. The molecule has 0 amide bonds. The molecule has 5 nitrogen and oxygen atoms in total. The molecule has 0 fully saturated rings. The number of rotatable bonds is 6. The largest absolute Gasteiger partial charge is 0.357 e. The maximum absolute atomic E-state index is 4.46. The molecule has 0 aromatic carbocycles. The fourth-order valence-corrected chi connectivity index (χ4v) is 1.37. The Hall–Kier alpha value is -0.790. The van der Waals surface area contributed by atoms with Crippen LogP contribution in [-0.4, -0.2) is 35.1 Å². The van der Waals surface area contributed by atoms with E-state index in [0.717, 1.165) is 38.6 Å². The molecule has 0 radical (unpaired) electrons. The molecule has 0 aliphatic carbocycles. The quantitative estimate of drug-likeness (QED) is 0.353. The van der Waals surface area contributed by atoms with Crippen molar-refractivity contribution in [1.29, 1.82) is 0 Å². The van der Waals surface area contributed by atoms with Gasteiger partial charge in [-0.1, -0.05) is 0 Å². The van der Waals surface area contributed by atoms with Crippen molar-refractivity contribution in [3.8, 4) is 0 Å². The normalized spacial score (nSPS) is 9.29. The summed E-state index contributed by atoms with van der Waals surface area (Å²) in [6.45, 7) is 7.72. The number of nitrogens with one attached hydrogen (secondary N) is 2. The van der Waals surface area contributed by atoms with Crippen molar-refractivity contribution in [3.05, 3.63) is 18.7 Å². The van der Waals surface area contributed by atoms with Crippen LogP contribution in [0, 0.1) is 0 Å². The Morgan fingerprint density at radius 2 is 2.00 bits per heavy atom. The lowest BCUT2D eigenvalue weighted by molar-refractivity contribution is 0.647. The van der Waals surface area contributed by atoms with E-state index in [0.29, 0.717) is 0 Å². The second-order valence-corrected chi connectivity index (χ2v) is 3.45. The van der Waals surface area contributed by atoms with Gasteiger partial charge in [0, 0.05) is 38.6 Å². The zero-order chi connectivity index (χ0) is 11.6. The van der Waals surface area contributed by atoms with E-state index in [9.17, 15) is 0 Å². The summed E-state index contributed by atoms with van der Waals surface area (Å²) in [5.41, 5.74) is 0. The third-order valence-corrected chi connectivity index (χ3v) is 2.09. The van der Waals surface area contributed by atoms with Crippen LogP contribution in [0.2, 0.25) is 0 Å². The van der Waals surface area contributed by atoms with E-state index < -0.39 is 0 Å². The number of aryl methyl sites for hydroxylation is 1. The van der Waals surface area contributed by atoms with Gasteiger partial charge in [0.2, 0.25) is 0 Å². The standard InChI is InChI=1S/C11H21N5.HI/c1-3-13-11(14-4-2)15-6-5-8-16-9-7-12-10-16;/h7,9-10H,3-6,8H2,1-2H3,(H2,13,14,15);1H. The van der Waals surface area contributed by atoms with Gasteiger partial charge < -0.3 is 15.2 Å². The van der Waals surface area contributed by atoms with Crippen LogP contribution in [0.5, 0.6) is 0 Å². The third-order valence-electron chi connectivity index (χ3n) is 2.09. The molecule has 6 heteroatoms. The van der Waals surface area contributed by atoms with Gasteiger partial charge in [-0.2, -0.15) is 0 Å². The average Bonchev–Trinajstić information content (AvgIpc) is 2.78. The van der Waals surface area contributed by atoms with Crippen molar-refractivity contribution in [3.63, 3.8) is 0 Å². The lowest BCUT2D eigenvalue weighted by Crippen LogP contribution is -2.37. The fraction of sp³-hybridized carbons (Fsp3) is 0.636. The molecule has 0 aliphatic rings. The highest BCUT2D eigenvalue weighted by atomic mass is 127. The summed E-state index contributed by atoms with van der Waals surface area (Å²) in [5.74, 6) is 0.899. The lowest BCUT2D eigenvalue weighted by Gasteiger charge is -2.08. The Kier molecular flexibility index (Phi) is 9.89. The Labute approximate surface area is 120 Å². The van der Waals surface area contributed by atoms with Gasteiger partial charge >= 0.3 is 0 Å². The zero-order valence-electron chi connectivity index (χ0n) is 10.5. The molecule has 0 atom stereocenters. The van der Waals surface area contributed by atoms with E-state index in [1.54, 1.807) is 6.20 Å². The molecule has 0 spiro atoms. The second kappa shape index (κ2) is 10.4. The van der Waals surface area contributed by atoms with E-state index in [1.807, 2.05) is 12.5 Å². The molecule has 1 aromatic rings. The highest BCUT2D eigenvalue weighted by Gasteiger charge is 1.94. The van der Waals surface area contributed by atoms with Crippen LogP contribution >= 0.6 is 24.0 Å². The molecule has 0 saturated heterocycles. The first-order chi connectivity index (χ1) is 7.86. The smallest absolute Gasteiger partial charge is 0.191 e. The number of halogens is 1. The molecular weight excluding hydrogens is 329 g/mol. The first-order valence-corrected chi connectivity index (χ1v) is 5.84. The van der Waals surface area contributed by atoms with Gasteiger partial charge in [-0.3, -0.25) is 4.99 Å². The Morgan fingerprint density at radius 3 is 2.53 bits per heavy atom. The fourth-order valence-electron chi connectivity index (χ4n) is 1.37. The predicted molar refractivity (Wildman–Crippen MR) is 81.9 cm³/mol. The molecule has 0 aliphatic heterocycles. The molecular formula is C11H22IN5. The molecule has 1 aromatic heterocycles. The number of aromatic nitrogens is 2. The topological polar surface area (TPSA) is 54.2 Å². The van der Waals surface area contributed by atoms with E-state index in [-0.39, 0.29) is 24.0 Å². The highest BCUT2D eigenvalue weighted by Crippen LogP contribution is 1.90. The summed E-state index contributed by atoms with van der Waals surface area (Å²) in [6.07, 6.45) is 6.63. The number of imidazole rings is 1. The monoisotopic (exact) mass is 351 g/mol. The SMILES string of the molecule is CCNC(=NCCCn1ccnc1)NCC.I. The molecule has 0 unspecified atom stereocenters. The van der Waals surface area contributed by atoms with Gasteiger partial charge in [0.1, 0.15) is 0 Å². The summed E-state index contributed by atoms with van der Waals surface area (Å²) in [4.78, 5) is 8.46. The first-order valence-electron chi connectivity index (χ1n) is 5.84. The van der Waals surface area contributed by atoms with Crippen molar-refractivity contribution in [1.82, 2.24) is 20.2 Å². The molecule has 2 N–H and O–H groups in total. The van der Waals surface area contributed by atoms with Crippen molar-refractivity contribution in [2.45, 2.75) is 26.8 Å². The van der Waals surface area contributed by atoms with Gasteiger partial charge in [0.25, 0.3) is 0 Å². The molecule has 0 bridgehead atoms. The average molecular weight is 351 g/mol. The maximum Gasteiger partial charge on any atom is 0.191 e. The predicted octanol–water partition coefficient (Wildman–Crippen LogP) is 1.47. The summed E-state index contributed by atoms with van der Waals surface area (Å²) >= 11 is 0. The molecule has 98 valence electrons. The minimum atomic E-state index is 0. The second-order valence-electron chi connectivity index (χ2n) is 3.45. The van der Waals surface area contributed by atoms with Crippen molar-refractivity contribution < 1.29 is 0 Å². The first kappa shape index (κ1) is 16.2. The minimum Gasteiger partial charge on any atom is -0.357 e. The molecule has 0 saturated carbocycles. The van der Waals surface area contributed by atoms with E-state index in [4.69, 9.17) is 0 Å². The molecule has 1 heterocycles. The third kappa shape index (κ3) is 7.19. The van der Waals surface area contributed by atoms with Crippen LogP contribution in [0.4, 0.5) is 0 Å². The van der Waals surface area contributed by atoms with Crippen LogP contribution in [0.15, 0.2) is 23.7 Å². The number of nitrogens with zero attached hydrogens (tertiary/aromatic N) is 3. The summed E-state index contributed by atoms with van der Waals surface area (Å²) < 4.78 is 2.07. The van der Waals surface area contributed by atoms with Crippen LogP contribution in [0.25, 0.3) is 0 Å². The van der Waals surface area contributed by atoms with Gasteiger partial charge in [0.05, 0.1) is 6.33 Å². The summed E-state index contributed by atoms with van der Waals surface area (Å²) in [5, 5.41) is 6.39. The van der Waals surface area contributed by atoms with Crippen LogP contribution in [0.3, 0.4) is 0 Å². The Morgan fingerprint density at radius 1 is 1.29 bits per heavy atom. The van der Waals surface area contributed by atoms with Gasteiger partial charge in [-0.25, -0.2) is 4.98 Å². The van der Waals surface area contributed by atoms with Gasteiger partial charge in [0.15, 0.2) is 5.96 Å². The van der Waals surface area contributed by atoms with Gasteiger partial charge in [-0.05, 0) is 20.3 Å². The summed E-state index contributed by atoms with van der Waals surface area (Å²) in [6, 6.07) is 0. The highest BCUT2D eigenvalue weighted by molar-refractivity contribution is 14.0. The van der Waals surface area contributed by atoms with Crippen molar-refractivity contribution in [2.24, 2.45) is 4.99 Å². The molecule has 1 rings (SSSR count). The number of hydrogen-bond acceptors (Lipinski definition) is 2. The van der Waals surface area contributed by atoms with Crippen LogP contribution in [-0.2, 0) is 6.54 Å².